The molecule has 1 saturated heterocycles. The normalized spacial score (nSPS) is 23.2. The van der Waals surface area contributed by atoms with Crippen LogP contribution in [0, 0.1) is 5.92 Å². The molecule has 1 fully saturated rings. The van der Waals surface area contributed by atoms with Crippen LogP contribution in [-0.4, -0.2) is 53.3 Å². The number of amides is 2. The highest BCUT2D eigenvalue weighted by Gasteiger charge is 2.30. The number of carboxylic acid groups (broad SMARTS) is 1. The van der Waals surface area contributed by atoms with E-state index in [9.17, 15) is 9.59 Å². The molecule has 1 heterocycles. The van der Waals surface area contributed by atoms with Gasteiger partial charge in [0.05, 0.1) is 6.10 Å². The van der Waals surface area contributed by atoms with Gasteiger partial charge in [-0.15, -0.1) is 0 Å². The molecule has 6 heteroatoms. The molecule has 1 aliphatic heterocycles. The van der Waals surface area contributed by atoms with Gasteiger partial charge in [-0.2, -0.15) is 0 Å². The molecule has 0 radical (unpaired) electrons. The molecule has 2 amide bonds. The van der Waals surface area contributed by atoms with E-state index >= 15 is 0 Å². The lowest BCUT2D eigenvalue weighted by molar-refractivity contribution is -0.138. The quantitative estimate of drug-likeness (QED) is 0.808. The van der Waals surface area contributed by atoms with E-state index in [0.29, 0.717) is 12.5 Å². The number of hydrogen-bond acceptors (Lipinski definition) is 3. The summed E-state index contributed by atoms with van der Waals surface area (Å²) in [6, 6.07) is -0.339. The summed E-state index contributed by atoms with van der Waals surface area (Å²) < 4.78 is 5.43. The van der Waals surface area contributed by atoms with E-state index in [2.05, 4.69) is 5.32 Å². The minimum atomic E-state index is -1.01. The van der Waals surface area contributed by atoms with Crippen molar-refractivity contribution >= 4 is 12.0 Å². The number of carboxylic acids is 1. The average molecular weight is 272 g/mol. The van der Waals surface area contributed by atoms with Gasteiger partial charge in [-0.25, -0.2) is 4.79 Å². The van der Waals surface area contributed by atoms with Gasteiger partial charge in [-0.3, -0.25) is 4.79 Å². The summed E-state index contributed by atoms with van der Waals surface area (Å²) in [5.41, 5.74) is -0.528. The Kier molecular flexibility index (Phi) is 5.17. The van der Waals surface area contributed by atoms with Gasteiger partial charge in [0.25, 0.3) is 0 Å². The van der Waals surface area contributed by atoms with Crippen molar-refractivity contribution in [1.29, 1.82) is 0 Å². The number of ether oxygens (including phenoxy) is 1. The summed E-state index contributed by atoms with van der Waals surface area (Å²) in [5.74, 6) is -0.710. The third-order valence-electron chi connectivity index (χ3n) is 3.40. The summed E-state index contributed by atoms with van der Waals surface area (Å²) in [7, 11) is 0. The van der Waals surface area contributed by atoms with E-state index < -0.39 is 11.5 Å². The molecular weight excluding hydrogens is 248 g/mol. The Morgan fingerprint density at radius 2 is 2.05 bits per heavy atom. The second-order valence-corrected chi connectivity index (χ2v) is 5.96. The Balaban J connectivity index is 2.54. The van der Waals surface area contributed by atoms with Crippen molar-refractivity contribution in [1.82, 2.24) is 10.2 Å². The van der Waals surface area contributed by atoms with Gasteiger partial charge in [0, 0.05) is 24.6 Å². The number of aliphatic carboxylic acids is 1. The molecule has 110 valence electrons. The fourth-order valence-corrected chi connectivity index (χ4v) is 2.11. The van der Waals surface area contributed by atoms with Gasteiger partial charge in [-0.1, -0.05) is 0 Å². The maximum atomic E-state index is 12.1. The Bertz CT molecular complexity index is 338. The first-order chi connectivity index (χ1) is 8.71. The van der Waals surface area contributed by atoms with Crippen molar-refractivity contribution in [2.75, 3.05) is 19.7 Å². The average Bonchev–Trinajstić information content (AvgIpc) is 2.67. The van der Waals surface area contributed by atoms with Crippen LogP contribution in [0.3, 0.4) is 0 Å². The van der Waals surface area contributed by atoms with Crippen molar-refractivity contribution < 1.29 is 19.4 Å². The molecule has 0 bridgehead atoms. The summed E-state index contributed by atoms with van der Waals surface area (Å²) in [5, 5.41) is 11.7. The van der Waals surface area contributed by atoms with E-state index in [1.165, 1.54) is 4.90 Å². The maximum absolute atomic E-state index is 12.1. The highest BCUT2D eigenvalue weighted by Crippen LogP contribution is 2.20. The maximum Gasteiger partial charge on any atom is 0.323 e. The number of urea groups is 1. The van der Waals surface area contributed by atoms with Crippen molar-refractivity contribution in [3.05, 3.63) is 0 Å². The first kappa shape index (κ1) is 15.8. The van der Waals surface area contributed by atoms with Crippen LogP contribution in [0.2, 0.25) is 0 Å². The molecule has 0 aromatic heterocycles. The highest BCUT2D eigenvalue weighted by atomic mass is 16.5. The summed E-state index contributed by atoms with van der Waals surface area (Å²) in [4.78, 5) is 24.3. The molecule has 0 saturated carbocycles. The molecule has 0 aromatic carbocycles. The SMILES string of the molecule is CC1OCCC1CNC(=O)N(CC(=O)O)C(C)(C)C. The standard InChI is InChI=1S/C13H24N2O4/c1-9-10(5-6-19-9)7-14-12(18)15(8-11(16)17)13(2,3)4/h9-10H,5-8H2,1-4H3,(H,14,18)(H,16,17). The van der Waals surface area contributed by atoms with E-state index in [4.69, 9.17) is 9.84 Å². The number of nitrogens with one attached hydrogen (secondary N) is 1. The Hall–Kier alpha value is -1.30. The zero-order valence-electron chi connectivity index (χ0n) is 12.1. The first-order valence-corrected chi connectivity index (χ1v) is 6.60. The minimum absolute atomic E-state index is 0.142. The van der Waals surface area contributed by atoms with Crippen LogP contribution in [0.5, 0.6) is 0 Å². The number of carbonyl (C=O) groups is 2. The van der Waals surface area contributed by atoms with Crippen molar-refractivity contribution in [3.63, 3.8) is 0 Å². The number of hydrogen-bond donors (Lipinski definition) is 2. The van der Waals surface area contributed by atoms with Crippen LogP contribution in [0.1, 0.15) is 34.1 Å². The Morgan fingerprint density at radius 1 is 1.42 bits per heavy atom. The van der Waals surface area contributed by atoms with Crippen LogP contribution in [-0.2, 0) is 9.53 Å². The van der Waals surface area contributed by atoms with Gasteiger partial charge in [0.2, 0.25) is 0 Å². The number of rotatable bonds is 4. The van der Waals surface area contributed by atoms with E-state index in [1.807, 2.05) is 27.7 Å². The lowest BCUT2D eigenvalue weighted by Crippen LogP contribution is -2.53. The molecule has 0 aliphatic carbocycles. The molecule has 0 aromatic rings. The highest BCUT2D eigenvalue weighted by molar-refractivity contribution is 5.80. The lowest BCUT2D eigenvalue weighted by atomic mass is 10.0. The molecule has 1 aliphatic rings. The van der Waals surface area contributed by atoms with E-state index in [-0.39, 0.29) is 18.7 Å². The first-order valence-electron chi connectivity index (χ1n) is 6.60. The zero-order valence-corrected chi connectivity index (χ0v) is 12.1. The Morgan fingerprint density at radius 3 is 2.47 bits per heavy atom. The topological polar surface area (TPSA) is 78.9 Å². The number of carbonyl (C=O) groups excluding carboxylic acids is 1. The molecular formula is C13H24N2O4. The zero-order chi connectivity index (χ0) is 14.6. The largest absolute Gasteiger partial charge is 0.480 e. The molecule has 1 rings (SSSR count). The van der Waals surface area contributed by atoms with Crippen LogP contribution in [0.4, 0.5) is 4.79 Å². The summed E-state index contributed by atoms with van der Waals surface area (Å²) in [6.07, 6.45) is 1.07. The monoisotopic (exact) mass is 272 g/mol. The molecule has 2 unspecified atom stereocenters. The molecule has 0 spiro atoms. The lowest BCUT2D eigenvalue weighted by Gasteiger charge is -2.34. The minimum Gasteiger partial charge on any atom is -0.480 e. The smallest absolute Gasteiger partial charge is 0.323 e. The van der Waals surface area contributed by atoms with Gasteiger partial charge >= 0.3 is 12.0 Å². The fraction of sp³-hybridized carbons (Fsp3) is 0.846. The summed E-state index contributed by atoms with van der Waals surface area (Å²) >= 11 is 0. The third kappa shape index (κ3) is 4.70. The second-order valence-electron chi connectivity index (χ2n) is 5.96. The molecule has 2 atom stereocenters. The molecule has 2 N–H and O–H groups in total. The van der Waals surface area contributed by atoms with E-state index in [1.54, 1.807) is 0 Å². The molecule has 19 heavy (non-hydrogen) atoms. The predicted molar refractivity (Wildman–Crippen MR) is 71.0 cm³/mol. The fourth-order valence-electron chi connectivity index (χ4n) is 2.11. The number of nitrogens with zero attached hydrogens (tertiary/aromatic N) is 1. The van der Waals surface area contributed by atoms with Crippen LogP contribution >= 0.6 is 0 Å². The Labute approximate surface area is 114 Å². The van der Waals surface area contributed by atoms with Crippen molar-refractivity contribution in [2.45, 2.75) is 45.8 Å². The van der Waals surface area contributed by atoms with Crippen LogP contribution in [0.15, 0.2) is 0 Å². The third-order valence-corrected chi connectivity index (χ3v) is 3.40. The van der Waals surface area contributed by atoms with Gasteiger partial charge in [0.15, 0.2) is 0 Å². The predicted octanol–water partition coefficient (Wildman–Crippen LogP) is 1.31. The van der Waals surface area contributed by atoms with Crippen LogP contribution < -0.4 is 5.32 Å². The van der Waals surface area contributed by atoms with Gasteiger partial charge < -0.3 is 20.1 Å². The summed E-state index contributed by atoms with van der Waals surface area (Å²) in [6.45, 7) is 8.38. The van der Waals surface area contributed by atoms with Crippen LogP contribution in [0.25, 0.3) is 0 Å². The van der Waals surface area contributed by atoms with Crippen molar-refractivity contribution in [2.24, 2.45) is 5.92 Å². The second kappa shape index (κ2) is 6.23. The van der Waals surface area contributed by atoms with E-state index in [0.717, 1.165) is 13.0 Å². The van der Waals surface area contributed by atoms with Gasteiger partial charge in [-0.05, 0) is 34.1 Å². The van der Waals surface area contributed by atoms with Crippen molar-refractivity contribution in [3.8, 4) is 0 Å². The molecule has 6 nitrogen and oxygen atoms in total. The van der Waals surface area contributed by atoms with Gasteiger partial charge in [0.1, 0.15) is 6.54 Å².